The highest BCUT2D eigenvalue weighted by Crippen LogP contribution is 2.58. The highest BCUT2D eigenvalue weighted by atomic mass is 15.2. The highest BCUT2D eigenvalue weighted by Gasteiger charge is 2.48. The van der Waals surface area contributed by atoms with Gasteiger partial charge in [0.2, 0.25) is 0 Å². The first kappa shape index (κ1) is 81.7. The number of anilines is 6. The maximum absolute atomic E-state index is 10.3. The van der Waals surface area contributed by atoms with E-state index in [1.54, 1.807) is 4.57 Å². The molecule has 20 rings (SSSR count). The van der Waals surface area contributed by atoms with Gasteiger partial charge in [-0.1, -0.05) is 402 Å². The van der Waals surface area contributed by atoms with Crippen molar-refractivity contribution in [2.75, 3.05) is 9.80 Å². The van der Waals surface area contributed by atoms with E-state index in [1.165, 1.54) is 66.4 Å². The standard InChI is InChI=1S/C130H138BN5/c1-121(2,3)81-52-48-79(49-53-81)91-40-35-42-96(93-63-56-87(127(19,20)21)74-104(93)130(28,29)30)119(91)135-113-75-88(132-107-46-33-31-38-94(107)95-39-32-34-47-108(95)132)61-64-105(113)131-106-65-62-89(133-109-66-57-83(123(7,8)9)70-98(109)99-71-84(124(10,11)12)58-67-110(99)133)76-114(106)136(116-78-90(77-115(135)118(116)131)134-111-68-59-85(125(13,14)15)72-100(111)101-73-86(126(16,17)18)60-69-112(101)134)120-92(80-50-54-82(55-51-80)122(4,5)6)41-36-43-97(120)117-102(128(22,23)24)44-37-45-103(117)129(25,26)27/h31-78H,1-30H3/i31D,32D,33D,34D,38D,39D,46D,47D. The van der Waals surface area contributed by atoms with Crippen LogP contribution in [0.3, 0.4) is 0 Å². The average molecular weight is 1790 g/mol. The van der Waals surface area contributed by atoms with Crippen LogP contribution in [0, 0.1) is 0 Å². The lowest BCUT2D eigenvalue weighted by atomic mass is 9.33. The monoisotopic (exact) mass is 1790 g/mol. The van der Waals surface area contributed by atoms with Crippen LogP contribution in [-0.2, 0) is 54.1 Å². The van der Waals surface area contributed by atoms with Gasteiger partial charge in [-0.05, 0) is 245 Å². The Hall–Kier alpha value is -12.6. The molecular formula is C130H138BN5. The van der Waals surface area contributed by atoms with Gasteiger partial charge < -0.3 is 23.5 Å². The first-order valence-corrected chi connectivity index (χ1v) is 49.2. The van der Waals surface area contributed by atoms with E-state index in [0.717, 1.165) is 139 Å². The van der Waals surface area contributed by atoms with Crippen LogP contribution in [0.15, 0.2) is 291 Å². The fourth-order valence-corrected chi connectivity index (χ4v) is 21.7. The molecular weight excluding hydrogens is 1640 g/mol. The zero-order valence-electron chi connectivity index (χ0n) is 93.9. The topological polar surface area (TPSA) is 21.3 Å². The second-order valence-corrected chi connectivity index (χ2v) is 49.4. The minimum atomic E-state index is -0.632. The average Bonchev–Trinajstić information content (AvgIpc) is 1.27. The summed E-state index contributed by atoms with van der Waals surface area (Å²) in [4.78, 5) is 5.28. The van der Waals surface area contributed by atoms with E-state index >= 15 is 0 Å². The first-order chi connectivity index (χ1) is 67.1. The van der Waals surface area contributed by atoms with E-state index in [0.29, 0.717) is 5.69 Å². The molecule has 5 nitrogen and oxygen atoms in total. The molecule has 5 heterocycles. The van der Waals surface area contributed by atoms with Gasteiger partial charge in [-0.25, -0.2) is 0 Å². The van der Waals surface area contributed by atoms with E-state index in [2.05, 4.69) is 463 Å². The molecule has 0 fully saturated rings. The molecule has 0 radical (unpaired) electrons. The van der Waals surface area contributed by atoms with Gasteiger partial charge in [0.1, 0.15) is 0 Å². The number of para-hydroxylation sites is 4. The van der Waals surface area contributed by atoms with Crippen LogP contribution in [0.5, 0.6) is 0 Å². The molecule has 0 spiro atoms. The number of benzene rings is 15. The van der Waals surface area contributed by atoms with Gasteiger partial charge in [-0.15, -0.1) is 0 Å². The molecule has 3 aromatic heterocycles. The summed E-state index contributed by atoms with van der Waals surface area (Å²) in [6.07, 6.45) is 0. The zero-order chi connectivity index (χ0) is 104. The molecule has 0 bridgehead atoms. The predicted octanol–water partition coefficient (Wildman–Crippen LogP) is 34.7. The van der Waals surface area contributed by atoms with Crippen molar-refractivity contribution < 1.29 is 11.0 Å². The molecule has 6 heteroatoms. The number of rotatable bonds is 9. The number of hydrogen-bond donors (Lipinski definition) is 0. The maximum Gasteiger partial charge on any atom is 0.252 e. The summed E-state index contributed by atoms with van der Waals surface area (Å²) in [7, 11) is 0. The molecule has 2 aliphatic rings. The third kappa shape index (κ3) is 15.4. The lowest BCUT2D eigenvalue weighted by molar-refractivity contribution is 0.569. The summed E-state index contributed by atoms with van der Waals surface area (Å²) in [5.41, 5.74) is 32.6. The van der Waals surface area contributed by atoms with Gasteiger partial charge in [0.25, 0.3) is 6.71 Å². The molecule has 0 atom stereocenters. The number of nitrogens with zero attached hydrogens (tertiary/aromatic N) is 5. The van der Waals surface area contributed by atoms with Crippen LogP contribution >= 0.6 is 0 Å². The van der Waals surface area contributed by atoms with Crippen molar-refractivity contribution in [2.24, 2.45) is 0 Å². The van der Waals surface area contributed by atoms with Gasteiger partial charge >= 0.3 is 0 Å². The number of hydrogen-bond acceptors (Lipinski definition) is 2. The van der Waals surface area contributed by atoms with Crippen molar-refractivity contribution >= 4 is 123 Å². The highest BCUT2D eigenvalue weighted by molar-refractivity contribution is 7.00. The van der Waals surface area contributed by atoms with Crippen LogP contribution in [0.1, 0.15) is 274 Å². The second kappa shape index (κ2) is 31.5. The molecule has 0 N–H and O–H groups in total. The SMILES string of the molecule is [2H]c1c([2H])c([2H])c2c(c1[2H])c1c([2H])c([2H])c([2H])c([2H])c1n2-c1ccc2c(c1)N(c1c(-c3ccc(C(C)(C)C)cc3)cccc1-c1ccc(C(C)(C)C)cc1C(C)(C)C)c1cc(-n3c4ccc(C(C)(C)C)cc4c4cc(C(C)(C)C)ccc43)cc3c1B2c1ccc(-n2c4ccc(C(C)(C)C)cc4c4cc(C(C)(C)C)ccc42)cc1N3c1c(-c2ccc(C(C)(C)C)cc2)cccc1-c1c(C(C)(C)C)cccc1C(C)(C)C. The van der Waals surface area contributed by atoms with Gasteiger partial charge in [-0.2, -0.15) is 0 Å². The third-order valence-electron chi connectivity index (χ3n) is 29.4. The zero-order valence-corrected chi connectivity index (χ0v) is 85.9. The Balaban J connectivity index is 1.06. The smallest absolute Gasteiger partial charge is 0.252 e. The molecule has 686 valence electrons. The van der Waals surface area contributed by atoms with Crippen molar-refractivity contribution in [2.45, 2.75) is 262 Å². The van der Waals surface area contributed by atoms with Gasteiger partial charge in [-0.3, -0.25) is 0 Å². The molecule has 15 aromatic carbocycles. The first-order valence-electron chi connectivity index (χ1n) is 53.2. The lowest BCUT2D eigenvalue weighted by Crippen LogP contribution is -2.61. The summed E-state index contributed by atoms with van der Waals surface area (Å²) in [6.45, 7) is 68.8. The summed E-state index contributed by atoms with van der Waals surface area (Å²) in [5.74, 6) is 0. The lowest BCUT2D eigenvalue weighted by Gasteiger charge is -2.46. The fraction of sp³-hybridized carbons (Fsp3) is 0.308. The molecule has 18 aromatic rings. The molecule has 136 heavy (non-hydrogen) atoms. The normalized spacial score (nSPS) is 14.6. The van der Waals surface area contributed by atoms with E-state index in [1.807, 2.05) is 6.07 Å². The van der Waals surface area contributed by atoms with Crippen LogP contribution < -0.4 is 26.2 Å². The fourth-order valence-electron chi connectivity index (χ4n) is 21.7. The number of fused-ring (bicyclic) bond motifs is 13. The van der Waals surface area contributed by atoms with Gasteiger partial charge in [0.15, 0.2) is 0 Å². The van der Waals surface area contributed by atoms with Crippen molar-refractivity contribution in [1.29, 1.82) is 0 Å². The Morgan fingerprint density at radius 3 is 0.890 bits per heavy atom. The summed E-state index contributed by atoms with van der Waals surface area (Å²) in [6, 6.07) is 90.5. The summed E-state index contributed by atoms with van der Waals surface area (Å²) < 4.78 is 85.4. The van der Waals surface area contributed by atoms with Gasteiger partial charge in [0.05, 0.1) is 61.1 Å². The molecule has 0 saturated heterocycles. The van der Waals surface area contributed by atoms with Crippen molar-refractivity contribution in [3.8, 4) is 61.6 Å². The Morgan fingerprint density at radius 1 is 0.221 bits per heavy atom. The van der Waals surface area contributed by atoms with Crippen molar-refractivity contribution in [1.82, 2.24) is 13.7 Å². The second-order valence-electron chi connectivity index (χ2n) is 49.4. The summed E-state index contributed by atoms with van der Waals surface area (Å²) >= 11 is 0. The Kier molecular flexibility index (Phi) is 18.9. The molecule has 2 aliphatic heterocycles. The predicted molar refractivity (Wildman–Crippen MR) is 592 cm³/mol. The van der Waals surface area contributed by atoms with Crippen LogP contribution in [0.2, 0.25) is 0 Å². The van der Waals surface area contributed by atoms with Gasteiger partial charge in [0, 0.05) is 88.7 Å². The Labute approximate surface area is 822 Å². The molecule has 0 aliphatic carbocycles. The Morgan fingerprint density at radius 2 is 0.522 bits per heavy atom. The molecule has 0 unspecified atom stereocenters. The van der Waals surface area contributed by atoms with E-state index in [4.69, 9.17) is 0 Å². The van der Waals surface area contributed by atoms with E-state index in [-0.39, 0.29) is 82.6 Å². The van der Waals surface area contributed by atoms with Crippen LogP contribution in [0.25, 0.3) is 127 Å². The quantitative estimate of drug-likeness (QED) is 0.134. The van der Waals surface area contributed by atoms with E-state index in [9.17, 15) is 11.0 Å². The van der Waals surface area contributed by atoms with E-state index < -0.39 is 48.4 Å². The minimum absolute atomic E-state index is 0.00144. The molecule has 0 amide bonds. The summed E-state index contributed by atoms with van der Waals surface area (Å²) in [5, 5.41) is 4.60. The largest absolute Gasteiger partial charge is 0.310 e. The number of aromatic nitrogens is 3. The van der Waals surface area contributed by atoms with Crippen LogP contribution in [-0.4, -0.2) is 20.4 Å². The molecule has 0 saturated carbocycles. The van der Waals surface area contributed by atoms with Crippen LogP contribution in [0.4, 0.5) is 34.1 Å². The third-order valence-corrected chi connectivity index (χ3v) is 29.4. The Bertz CT molecular complexity index is 8180. The minimum Gasteiger partial charge on any atom is -0.310 e. The van der Waals surface area contributed by atoms with Crippen molar-refractivity contribution in [3.63, 3.8) is 0 Å². The van der Waals surface area contributed by atoms with Crippen molar-refractivity contribution in [3.05, 3.63) is 347 Å². The maximum atomic E-state index is 10.3.